The van der Waals surface area contributed by atoms with Gasteiger partial charge in [0.2, 0.25) is 0 Å². The average Bonchev–Trinajstić information content (AvgIpc) is 3.34. The van der Waals surface area contributed by atoms with Crippen LogP contribution in [0.3, 0.4) is 0 Å². The van der Waals surface area contributed by atoms with Crippen molar-refractivity contribution in [2.45, 2.75) is 30.5 Å². The molecule has 6 rings (SSSR count). The molecule has 1 aromatic heterocycles. The zero-order chi connectivity index (χ0) is 28.2. The van der Waals surface area contributed by atoms with E-state index in [0.717, 1.165) is 42.9 Å². The fourth-order valence-electron chi connectivity index (χ4n) is 5.64. The molecule has 8 nitrogen and oxygen atoms in total. The molecule has 4 aromatic rings. The Morgan fingerprint density at radius 1 is 1.10 bits per heavy atom. The Labute approximate surface area is 232 Å². The first-order valence-corrected chi connectivity index (χ1v) is 13.7. The SMILES string of the molecule is Nc1ccc2c3c(c(C(=O)NC4CCCNC4)sc13)C(N)C(=O)C2(N)c1c(F)cc(Oc2ccccc2)cc1F. The third-order valence-electron chi connectivity index (χ3n) is 7.54. The van der Waals surface area contributed by atoms with Gasteiger partial charge >= 0.3 is 0 Å². The summed E-state index contributed by atoms with van der Waals surface area (Å²) in [6.45, 7) is 1.50. The van der Waals surface area contributed by atoms with Crippen LogP contribution in [-0.4, -0.2) is 30.8 Å². The molecule has 3 aromatic carbocycles. The molecule has 0 spiro atoms. The molecule has 2 heterocycles. The summed E-state index contributed by atoms with van der Waals surface area (Å²) in [6.07, 6.45) is 1.73. The van der Waals surface area contributed by atoms with Crippen molar-refractivity contribution in [3.05, 3.63) is 87.8 Å². The Kier molecular flexibility index (Phi) is 6.54. The molecular weight excluding hydrogens is 536 g/mol. The van der Waals surface area contributed by atoms with Gasteiger partial charge in [-0.3, -0.25) is 9.59 Å². The van der Waals surface area contributed by atoms with E-state index in [0.29, 0.717) is 28.1 Å². The third-order valence-corrected chi connectivity index (χ3v) is 8.79. The second kappa shape index (κ2) is 9.93. The van der Waals surface area contributed by atoms with Gasteiger partial charge in [-0.1, -0.05) is 24.3 Å². The molecule has 206 valence electrons. The fourth-order valence-corrected chi connectivity index (χ4v) is 6.85. The van der Waals surface area contributed by atoms with Crippen molar-refractivity contribution >= 4 is 38.8 Å². The second-order valence-electron chi connectivity index (χ2n) is 10.1. The van der Waals surface area contributed by atoms with Gasteiger partial charge in [0.05, 0.1) is 21.2 Å². The number of carbonyl (C=O) groups is 2. The Bertz CT molecular complexity index is 1630. The van der Waals surface area contributed by atoms with Gasteiger partial charge in [0.15, 0.2) is 5.78 Å². The van der Waals surface area contributed by atoms with Gasteiger partial charge in [-0.15, -0.1) is 11.3 Å². The lowest BCUT2D eigenvalue weighted by Gasteiger charge is -2.37. The van der Waals surface area contributed by atoms with E-state index in [-0.39, 0.29) is 33.7 Å². The van der Waals surface area contributed by atoms with Crippen molar-refractivity contribution in [2.24, 2.45) is 11.5 Å². The minimum atomic E-state index is -2.28. The number of anilines is 1. The number of carbonyl (C=O) groups excluding carboxylic acids is 2. The summed E-state index contributed by atoms with van der Waals surface area (Å²) >= 11 is 1.09. The maximum Gasteiger partial charge on any atom is 0.262 e. The molecular formula is C29H27F2N5O3S. The van der Waals surface area contributed by atoms with Gasteiger partial charge in [0.25, 0.3) is 5.91 Å². The number of ketones is 1. The number of piperidine rings is 1. The number of thiophene rings is 1. The quantitative estimate of drug-likeness (QED) is 0.232. The van der Waals surface area contributed by atoms with Crippen LogP contribution in [0.4, 0.5) is 14.5 Å². The molecule has 1 aliphatic heterocycles. The molecule has 1 aliphatic carbocycles. The Morgan fingerprint density at radius 2 is 1.82 bits per heavy atom. The molecule has 8 N–H and O–H groups in total. The van der Waals surface area contributed by atoms with Crippen LogP contribution in [0.25, 0.3) is 10.1 Å². The summed E-state index contributed by atoms with van der Waals surface area (Å²) in [5.74, 6) is -3.09. The number of rotatable bonds is 5. The first-order chi connectivity index (χ1) is 19.2. The monoisotopic (exact) mass is 563 g/mol. The summed E-state index contributed by atoms with van der Waals surface area (Å²) in [5.41, 5.74) is 17.2. The number of para-hydroxylation sites is 1. The number of nitrogen functional groups attached to an aromatic ring is 1. The molecule has 2 aliphatic rings. The lowest BCUT2D eigenvalue weighted by molar-refractivity contribution is -0.124. The van der Waals surface area contributed by atoms with Crippen molar-refractivity contribution < 1.29 is 23.1 Å². The van der Waals surface area contributed by atoms with Crippen LogP contribution in [0, 0.1) is 11.6 Å². The first kappa shape index (κ1) is 26.3. The second-order valence-corrected chi connectivity index (χ2v) is 11.1. The van der Waals surface area contributed by atoms with Gasteiger partial charge in [0.1, 0.15) is 28.7 Å². The minimum absolute atomic E-state index is 0.0839. The number of benzene rings is 3. The molecule has 3 unspecified atom stereocenters. The zero-order valence-corrected chi connectivity index (χ0v) is 22.1. The standard InChI is InChI=1S/C29H27F2N5O3S/c30-18-11-16(39-15-6-2-1-3-7-15)12-19(31)23(18)29(34)17-8-9-20(32)25-21(17)22(24(33)27(29)37)26(40-25)28(38)36-14-5-4-10-35-13-14/h1-3,6-9,11-12,14,24,35H,4-5,10,13,32-34H2,(H,36,38). The van der Waals surface area contributed by atoms with E-state index in [1.54, 1.807) is 30.3 Å². The van der Waals surface area contributed by atoms with E-state index in [9.17, 15) is 9.59 Å². The van der Waals surface area contributed by atoms with Crippen molar-refractivity contribution in [2.75, 3.05) is 18.8 Å². The number of ether oxygens (including phenoxy) is 1. The van der Waals surface area contributed by atoms with E-state index in [2.05, 4.69) is 10.6 Å². The molecule has 11 heteroatoms. The predicted octanol–water partition coefficient (Wildman–Crippen LogP) is 3.82. The first-order valence-electron chi connectivity index (χ1n) is 12.9. The summed E-state index contributed by atoms with van der Waals surface area (Å²) in [7, 11) is 0. The molecule has 3 atom stereocenters. The highest BCUT2D eigenvalue weighted by molar-refractivity contribution is 7.21. The molecule has 0 saturated carbocycles. The smallest absolute Gasteiger partial charge is 0.262 e. The number of Topliss-reactive ketones (excluding diaryl/α,β-unsaturated/α-hetero) is 1. The van der Waals surface area contributed by atoms with Crippen molar-refractivity contribution in [3.63, 3.8) is 0 Å². The highest BCUT2D eigenvalue weighted by Gasteiger charge is 2.51. The minimum Gasteiger partial charge on any atom is -0.457 e. The number of hydrogen-bond acceptors (Lipinski definition) is 8. The highest BCUT2D eigenvalue weighted by atomic mass is 32.1. The summed E-state index contributed by atoms with van der Waals surface area (Å²) < 4.78 is 37.4. The number of amides is 1. The lowest BCUT2D eigenvalue weighted by atomic mass is 9.70. The number of nitrogens with two attached hydrogens (primary N) is 3. The van der Waals surface area contributed by atoms with Gasteiger partial charge in [-0.2, -0.15) is 0 Å². The maximum absolute atomic E-state index is 15.7. The average molecular weight is 564 g/mol. The topological polar surface area (TPSA) is 145 Å². The van der Waals surface area contributed by atoms with E-state index in [4.69, 9.17) is 21.9 Å². The molecule has 0 radical (unpaired) electrons. The summed E-state index contributed by atoms with van der Waals surface area (Å²) in [6, 6.07) is 11.9. The Morgan fingerprint density at radius 3 is 2.50 bits per heavy atom. The zero-order valence-electron chi connectivity index (χ0n) is 21.3. The summed E-state index contributed by atoms with van der Waals surface area (Å²) in [4.78, 5) is 27.5. The Balaban J connectivity index is 1.48. The summed E-state index contributed by atoms with van der Waals surface area (Å²) in [5, 5.41) is 6.61. The molecule has 0 bridgehead atoms. The van der Waals surface area contributed by atoms with Crippen LogP contribution in [0.5, 0.6) is 11.5 Å². The van der Waals surface area contributed by atoms with Gasteiger partial charge < -0.3 is 32.6 Å². The fraction of sp³-hybridized carbons (Fsp3) is 0.241. The number of nitrogens with one attached hydrogen (secondary N) is 2. The van der Waals surface area contributed by atoms with Crippen molar-refractivity contribution in [1.82, 2.24) is 10.6 Å². The van der Waals surface area contributed by atoms with Crippen LogP contribution in [0.15, 0.2) is 54.6 Å². The van der Waals surface area contributed by atoms with Crippen LogP contribution in [0.2, 0.25) is 0 Å². The van der Waals surface area contributed by atoms with Gasteiger partial charge in [-0.05, 0) is 43.1 Å². The largest absolute Gasteiger partial charge is 0.457 e. The predicted molar refractivity (Wildman–Crippen MR) is 149 cm³/mol. The van der Waals surface area contributed by atoms with Gasteiger partial charge in [-0.25, -0.2) is 8.78 Å². The molecule has 40 heavy (non-hydrogen) atoms. The van der Waals surface area contributed by atoms with Crippen LogP contribution in [0.1, 0.15) is 45.2 Å². The van der Waals surface area contributed by atoms with Gasteiger partial charge in [0, 0.05) is 41.4 Å². The van der Waals surface area contributed by atoms with E-state index < -0.39 is 34.6 Å². The maximum atomic E-state index is 15.7. The van der Waals surface area contributed by atoms with Crippen LogP contribution >= 0.6 is 11.3 Å². The van der Waals surface area contributed by atoms with Crippen molar-refractivity contribution in [3.8, 4) is 11.5 Å². The lowest BCUT2D eigenvalue weighted by Crippen LogP contribution is -2.53. The number of hydrogen-bond donors (Lipinski definition) is 5. The number of halogens is 2. The van der Waals surface area contributed by atoms with Crippen LogP contribution in [-0.2, 0) is 10.3 Å². The Hall–Kier alpha value is -3.90. The van der Waals surface area contributed by atoms with Crippen LogP contribution < -0.4 is 32.6 Å². The normalized spacial score (nSPS) is 22.4. The third kappa shape index (κ3) is 4.13. The van der Waals surface area contributed by atoms with E-state index >= 15 is 8.78 Å². The molecule has 1 amide bonds. The van der Waals surface area contributed by atoms with E-state index in [1.807, 2.05) is 0 Å². The van der Waals surface area contributed by atoms with E-state index in [1.165, 1.54) is 12.1 Å². The highest BCUT2D eigenvalue weighted by Crippen LogP contribution is 2.50. The molecule has 1 fully saturated rings. The van der Waals surface area contributed by atoms with Crippen molar-refractivity contribution in [1.29, 1.82) is 0 Å². The molecule has 1 saturated heterocycles.